The van der Waals surface area contributed by atoms with Crippen molar-refractivity contribution < 1.29 is 9.59 Å². The standard InChI is InChI=1S/C20H24N4O2/c1-4-15-16-6-5-8-22(16)10-11-23(15)19(26)20(3)13-18(25)21-17-12-14(2)7-9-24(17)20/h5-9,12,15H,4,10-11,13H2,1-3H3/t15-,20+/m0/s1. The van der Waals surface area contributed by atoms with Crippen LogP contribution in [0.3, 0.4) is 0 Å². The fraction of sp³-hybridized carbons (Fsp3) is 0.450. The lowest BCUT2D eigenvalue weighted by molar-refractivity contribution is -0.147. The Hall–Kier alpha value is -2.63. The number of hydrogen-bond donors (Lipinski definition) is 0. The molecular formula is C20H24N4O2. The van der Waals surface area contributed by atoms with E-state index in [-0.39, 0.29) is 24.3 Å². The molecule has 4 rings (SSSR count). The largest absolute Gasteiger partial charge is 0.348 e. The van der Waals surface area contributed by atoms with Crippen LogP contribution in [0.1, 0.15) is 45.3 Å². The third kappa shape index (κ3) is 2.43. The quantitative estimate of drug-likeness (QED) is 0.822. The van der Waals surface area contributed by atoms with E-state index in [4.69, 9.17) is 0 Å². The van der Waals surface area contributed by atoms with Gasteiger partial charge < -0.3 is 14.4 Å². The zero-order valence-electron chi connectivity index (χ0n) is 15.5. The molecule has 0 spiro atoms. The highest BCUT2D eigenvalue weighted by Gasteiger charge is 2.49. The Bertz CT molecular complexity index is 863. The second-order valence-corrected chi connectivity index (χ2v) is 7.44. The van der Waals surface area contributed by atoms with E-state index in [2.05, 4.69) is 28.7 Å². The minimum atomic E-state index is -0.940. The minimum Gasteiger partial charge on any atom is -0.348 e. The second-order valence-electron chi connectivity index (χ2n) is 7.44. The first-order chi connectivity index (χ1) is 12.4. The summed E-state index contributed by atoms with van der Waals surface area (Å²) in [4.78, 5) is 33.9. The van der Waals surface area contributed by atoms with Crippen LogP contribution in [-0.2, 0) is 16.1 Å². The number of carbonyl (C=O) groups is 2. The maximum absolute atomic E-state index is 13.7. The second kappa shape index (κ2) is 5.97. The number of aliphatic imine (C=N–C) groups is 1. The summed E-state index contributed by atoms with van der Waals surface area (Å²) in [6.45, 7) is 7.36. The molecule has 2 amide bonds. The predicted octanol–water partition coefficient (Wildman–Crippen LogP) is 2.64. The SMILES string of the molecule is CC[C@H]1c2cccn2CCN1C(=O)[C@@]1(C)CC(=O)N=C2C=C(C)C=CN21. The van der Waals surface area contributed by atoms with Gasteiger partial charge in [0.1, 0.15) is 11.4 Å². The number of allylic oxidation sites excluding steroid dienone is 2. The van der Waals surface area contributed by atoms with Crippen LogP contribution < -0.4 is 0 Å². The highest BCUT2D eigenvalue weighted by molar-refractivity contribution is 6.10. The number of carbonyl (C=O) groups excluding carboxylic acids is 2. The van der Waals surface area contributed by atoms with Gasteiger partial charge >= 0.3 is 0 Å². The first-order valence-corrected chi connectivity index (χ1v) is 9.17. The Morgan fingerprint density at radius 3 is 2.96 bits per heavy atom. The molecule has 1 aromatic rings. The fourth-order valence-corrected chi connectivity index (χ4v) is 4.27. The van der Waals surface area contributed by atoms with Crippen LogP contribution in [-0.4, -0.2) is 44.1 Å². The third-order valence-corrected chi connectivity index (χ3v) is 5.63. The van der Waals surface area contributed by atoms with Crippen molar-refractivity contribution in [2.45, 2.75) is 51.7 Å². The molecule has 1 aromatic heterocycles. The topological polar surface area (TPSA) is 57.9 Å². The highest BCUT2D eigenvalue weighted by Crippen LogP contribution is 2.36. The van der Waals surface area contributed by atoms with Crippen molar-refractivity contribution in [2.75, 3.05) is 6.54 Å². The molecule has 0 N–H and O–H groups in total. The molecular weight excluding hydrogens is 328 g/mol. The predicted molar refractivity (Wildman–Crippen MR) is 99.4 cm³/mol. The number of aromatic nitrogens is 1. The number of rotatable bonds is 2. The van der Waals surface area contributed by atoms with Crippen LogP contribution in [0.15, 0.2) is 47.2 Å². The molecule has 6 heteroatoms. The van der Waals surface area contributed by atoms with Gasteiger partial charge in [0.2, 0.25) is 5.91 Å². The van der Waals surface area contributed by atoms with E-state index in [9.17, 15) is 9.59 Å². The summed E-state index contributed by atoms with van der Waals surface area (Å²) in [5.41, 5.74) is 1.24. The Kier molecular flexibility index (Phi) is 3.86. The van der Waals surface area contributed by atoms with E-state index in [0.29, 0.717) is 12.4 Å². The van der Waals surface area contributed by atoms with Crippen LogP contribution in [0.25, 0.3) is 0 Å². The zero-order valence-corrected chi connectivity index (χ0v) is 15.5. The van der Waals surface area contributed by atoms with Crippen LogP contribution in [0.2, 0.25) is 0 Å². The third-order valence-electron chi connectivity index (χ3n) is 5.63. The Morgan fingerprint density at radius 1 is 1.38 bits per heavy atom. The molecule has 0 aromatic carbocycles. The van der Waals surface area contributed by atoms with Gasteiger partial charge in [-0.25, -0.2) is 0 Å². The molecule has 0 radical (unpaired) electrons. The first kappa shape index (κ1) is 16.8. The zero-order chi connectivity index (χ0) is 18.5. The Morgan fingerprint density at radius 2 is 2.19 bits per heavy atom. The lowest BCUT2D eigenvalue weighted by atomic mass is 9.88. The van der Waals surface area contributed by atoms with Gasteiger partial charge in [-0.1, -0.05) is 6.92 Å². The normalized spacial score (nSPS) is 27.7. The van der Waals surface area contributed by atoms with Crippen LogP contribution in [0, 0.1) is 0 Å². The maximum Gasteiger partial charge on any atom is 0.250 e. The van der Waals surface area contributed by atoms with E-state index in [1.54, 1.807) is 0 Å². The van der Waals surface area contributed by atoms with Gasteiger partial charge in [0, 0.05) is 31.2 Å². The molecule has 0 saturated carbocycles. The highest BCUT2D eigenvalue weighted by atomic mass is 16.2. The van der Waals surface area contributed by atoms with E-state index in [1.807, 2.05) is 48.1 Å². The van der Waals surface area contributed by atoms with Crippen LogP contribution >= 0.6 is 0 Å². The van der Waals surface area contributed by atoms with Gasteiger partial charge in [0.25, 0.3) is 5.91 Å². The van der Waals surface area contributed by atoms with Gasteiger partial charge in [0.05, 0.1) is 12.5 Å². The number of amides is 2. The van der Waals surface area contributed by atoms with E-state index in [1.165, 1.54) is 0 Å². The smallest absolute Gasteiger partial charge is 0.250 e. The summed E-state index contributed by atoms with van der Waals surface area (Å²) < 4.78 is 2.21. The lowest BCUT2D eigenvalue weighted by Crippen LogP contribution is -2.62. The summed E-state index contributed by atoms with van der Waals surface area (Å²) in [7, 11) is 0. The maximum atomic E-state index is 13.7. The van der Waals surface area contributed by atoms with Gasteiger partial charge in [-0.15, -0.1) is 0 Å². The van der Waals surface area contributed by atoms with Gasteiger partial charge in [-0.3, -0.25) is 9.59 Å². The summed E-state index contributed by atoms with van der Waals surface area (Å²) in [5.74, 6) is 0.320. The van der Waals surface area contributed by atoms with Crippen LogP contribution in [0.5, 0.6) is 0 Å². The monoisotopic (exact) mass is 352 g/mol. The van der Waals surface area contributed by atoms with Gasteiger partial charge in [-0.2, -0.15) is 4.99 Å². The molecule has 0 saturated heterocycles. The number of hydrogen-bond acceptors (Lipinski definition) is 3. The van der Waals surface area contributed by atoms with Crippen molar-refractivity contribution in [2.24, 2.45) is 4.99 Å². The molecule has 0 fully saturated rings. The van der Waals surface area contributed by atoms with E-state index >= 15 is 0 Å². The average Bonchev–Trinajstić information content (AvgIpc) is 3.08. The minimum absolute atomic E-state index is 0.00449. The summed E-state index contributed by atoms with van der Waals surface area (Å²) >= 11 is 0. The summed E-state index contributed by atoms with van der Waals surface area (Å²) in [5, 5.41) is 0. The van der Waals surface area contributed by atoms with Crippen molar-refractivity contribution in [3.63, 3.8) is 0 Å². The molecule has 26 heavy (non-hydrogen) atoms. The molecule has 4 heterocycles. The van der Waals surface area contributed by atoms with Crippen molar-refractivity contribution >= 4 is 17.6 Å². The van der Waals surface area contributed by atoms with Crippen molar-refractivity contribution in [1.82, 2.24) is 14.4 Å². The summed E-state index contributed by atoms with van der Waals surface area (Å²) in [6.07, 6.45) is 8.71. The lowest BCUT2D eigenvalue weighted by Gasteiger charge is -2.47. The van der Waals surface area contributed by atoms with E-state index < -0.39 is 5.54 Å². The molecule has 3 aliphatic heterocycles. The molecule has 0 aliphatic carbocycles. The van der Waals surface area contributed by atoms with Crippen molar-refractivity contribution in [3.8, 4) is 0 Å². The van der Waals surface area contributed by atoms with Crippen molar-refractivity contribution in [3.05, 3.63) is 47.9 Å². The number of nitrogens with zero attached hydrogens (tertiary/aromatic N) is 4. The Labute approximate surface area is 153 Å². The molecule has 2 atom stereocenters. The molecule has 136 valence electrons. The fourth-order valence-electron chi connectivity index (χ4n) is 4.27. The van der Waals surface area contributed by atoms with E-state index in [0.717, 1.165) is 24.2 Å². The van der Waals surface area contributed by atoms with Crippen LogP contribution in [0.4, 0.5) is 0 Å². The molecule has 0 unspecified atom stereocenters. The number of fused-ring (bicyclic) bond motifs is 2. The Balaban J connectivity index is 1.70. The molecule has 0 bridgehead atoms. The average molecular weight is 352 g/mol. The number of amidine groups is 1. The molecule has 3 aliphatic rings. The van der Waals surface area contributed by atoms with Crippen molar-refractivity contribution in [1.29, 1.82) is 0 Å². The first-order valence-electron chi connectivity index (χ1n) is 9.17. The van der Waals surface area contributed by atoms with Gasteiger partial charge in [-0.05, 0) is 50.1 Å². The summed E-state index contributed by atoms with van der Waals surface area (Å²) in [6, 6.07) is 4.15. The van der Waals surface area contributed by atoms with Gasteiger partial charge in [0.15, 0.2) is 0 Å². The molecule has 6 nitrogen and oxygen atoms in total.